The molecule has 1 aliphatic heterocycles. The predicted octanol–water partition coefficient (Wildman–Crippen LogP) is 4.88. The van der Waals surface area contributed by atoms with Crippen molar-refractivity contribution >= 4 is 16.1 Å². The first-order valence-electron chi connectivity index (χ1n) is 11.8. The predicted molar refractivity (Wildman–Crippen MR) is 136 cm³/mol. The van der Waals surface area contributed by atoms with Crippen molar-refractivity contribution in [3.63, 3.8) is 0 Å². The number of pyridine rings is 1. The van der Waals surface area contributed by atoms with Crippen LogP contribution in [0, 0.1) is 0 Å². The van der Waals surface area contributed by atoms with E-state index in [2.05, 4.69) is 9.71 Å². The van der Waals surface area contributed by atoms with Gasteiger partial charge in [0, 0.05) is 31.9 Å². The molecule has 0 saturated carbocycles. The Balaban J connectivity index is 1.47. The fraction of sp³-hybridized carbons (Fsp3) is 0.333. The molecule has 184 valence electrons. The summed E-state index contributed by atoms with van der Waals surface area (Å²) in [5.41, 5.74) is 3.29. The summed E-state index contributed by atoms with van der Waals surface area (Å²) < 4.78 is 31.5. The van der Waals surface area contributed by atoms with Gasteiger partial charge in [-0.15, -0.1) is 0 Å². The standard InChI is InChI=1S/C27H31N3O4S/c1-21(22-11-13-23(14-12-22)24-8-6-17-28-20-24)30-19-16-27(34-26(30)31,25-9-4-3-5-10-25)15-7-18-29-35(2,32)33/h3-6,8-14,17,20-21,29H,7,15-16,18-19H2,1-2H3/t21-,27-/m0/s1. The number of aromatic nitrogens is 1. The van der Waals surface area contributed by atoms with Crippen LogP contribution in [-0.2, 0) is 20.4 Å². The Morgan fingerprint density at radius 3 is 2.43 bits per heavy atom. The minimum atomic E-state index is -3.26. The minimum Gasteiger partial charge on any atom is -0.438 e. The van der Waals surface area contributed by atoms with Gasteiger partial charge in [0.2, 0.25) is 10.0 Å². The van der Waals surface area contributed by atoms with Gasteiger partial charge in [0.15, 0.2) is 0 Å². The van der Waals surface area contributed by atoms with E-state index >= 15 is 0 Å². The van der Waals surface area contributed by atoms with Crippen LogP contribution >= 0.6 is 0 Å². The molecule has 1 amide bonds. The monoisotopic (exact) mass is 493 g/mol. The van der Waals surface area contributed by atoms with Gasteiger partial charge in [-0.25, -0.2) is 17.9 Å². The van der Waals surface area contributed by atoms with E-state index in [1.807, 2.05) is 79.9 Å². The van der Waals surface area contributed by atoms with Crippen LogP contribution in [0.3, 0.4) is 0 Å². The molecule has 0 radical (unpaired) electrons. The third-order valence-corrected chi connectivity index (χ3v) is 7.28. The van der Waals surface area contributed by atoms with Crippen molar-refractivity contribution in [3.05, 3.63) is 90.3 Å². The van der Waals surface area contributed by atoms with Crippen molar-refractivity contribution in [2.75, 3.05) is 19.3 Å². The second-order valence-corrected chi connectivity index (χ2v) is 10.8. The molecule has 1 saturated heterocycles. The lowest BCUT2D eigenvalue weighted by atomic mass is 9.84. The zero-order valence-electron chi connectivity index (χ0n) is 20.1. The second-order valence-electron chi connectivity index (χ2n) is 8.98. The maximum absolute atomic E-state index is 13.3. The van der Waals surface area contributed by atoms with Crippen LogP contribution in [0.5, 0.6) is 0 Å². The largest absolute Gasteiger partial charge is 0.438 e. The lowest BCUT2D eigenvalue weighted by molar-refractivity contribution is -0.0662. The number of benzene rings is 2. The number of sulfonamides is 1. The van der Waals surface area contributed by atoms with Crippen molar-refractivity contribution in [1.82, 2.24) is 14.6 Å². The smallest absolute Gasteiger partial charge is 0.411 e. The topological polar surface area (TPSA) is 88.6 Å². The Kier molecular flexibility index (Phi) is 7.52. The molecule has 2 aromatic carbocycles. The SMILES string of the molecule is C[C@@H](c1ccc(-c2cccnc2)cc1)N1CC[C@@](CCCNS(C)(=O)=O)(c2ccccc2)OC1=O. The lowest BCUT2D eigenvalue weighted by Gasteiger charge is -2.43. The van der Waals surface area contributed by atoms with Gasteiger partial charge in [-0.2, -0.15) is 0 Å². The highest BCUT2D eigenvalue weighted by Gasteiger charge is 2.43. The van der Waals surface area contributed by atoms with E-state index in [4.69, 9.17) is 4.74 Å². The molecule has 0 spiro atoms. The maximum atomic E-state index is 13.3. The molecular weight excluding hydrogens is 462 g/mol. The van der Waals surface area contributed by atoms with Gasteiger partial charge in [0.1, 0.15) is 5.60 Å². The zero-order chi connectivity index (χ0) is 24.9. The van der Waals surface area contributed by atoms with Crippen molar-refractivity contribution < 1.29 is 17.9 Å². The van der Waals surface area contributed by atoms with Gasteiger partial charge in [0.25, 0.3) is 0 Å². The number of nitrogens with one attached hydrogen (secondary N) is 1. The third kappa shape index (κ3) is 6.07. The summed E-state index contributed by atoms with van der Waals surface area (Å²) in [6.07, 6.45) is 6.07. The van der Waals surface area contributed by atoms with Crippen LogP contribution in [0.25, 0.3) is 11.1 Å². The maximum Gasteiger partial charge on any atom is 0.411 e. The van der Waals surface area contributed by atoms with Crippen molar-refractivity contribution in [1.29, 1.82) is 0 Å². The fourth-order valence-corrected chi connectivity index (χ4v) is 5.10. The molecule has 7 nitrogen and oxygen atoms in total. The van der Waals surface area contributed by atoms with Crippen molar-refractivity contribution in [3.8, 4) is 11.1 Å². The molecule has 1 aliphatic rings. The average Bonchev–Trinajstić information content (AvgIpc) is 2.87. The number of carbonyl (C=O) groups excluding carboxylic acids is 1. The Bertz CT molecular complexity index is 1230. The second kappa shape index (κ2) is 10.6. The van der Waals surface area contributed by atoms with Crippen LogP contribution in [0.15, 0.2) is 79.1 Å². The van der Waals surface area contributed by atoms with Crippen LogP contribution in [0.2, 0.25) is 0 Å². The van der Waals surface area contributed by atoms with E-state index in [1.54, 1.807) is 11.1 Å². The van der Waals surface area contributed by atoms with Crippen molar-refractivity contribution in [2.45, 2.75) is 37.8 Å². The molecule has 35 heavy (non-hydrogen) atoms. The molecule has 3 aromatic rings. The summed E-state index contributed by atoms with van der Waals surface area (Å²) in [6, 6.07) is 21.7. The van der Waals surface area contributed by atoms with E-state index in [-0.39, 0.29) is 12.1 Å². The Hall–Kier alpha value is -3.23. The highest BCUT2D eigenvalue weighted by atomic mass is 32.2. The summed E-state index contributed by atoms with van der Waals surface area (Å²) in [6.45, 7) is 2.85. The number of carbonyl (C=O) groups is 1. The Labute approximate surface area is 207 Å². The summed E-state index contributed by atoms with van der Waals surface area (Å²) in [4.78, 5) is 19.2. The highest BCUT2D eigenvalue weighted by molar-refractivity contribution is 7.88. The van der Waals surface area contributed by atoms with Gasteiger partial charge in [-0.1, -0.05) is 60.7 Å². The van der Waals surface area contributed by atoms with E-state index in [1.165, 1.54) is 0 Å². The fourth-order valence-electron chi connectivity index (χ4n) is 4.59. The molecule has 2 heterocycles. The summed E-state index contributed by atoms with van der Waals surface area (Å²) in [5.74, 6) is 0. The van der Waals surface area contributed by atoms with Gasteiger partial charge in [0.05, 0.1) is 12.3 Å². The van der Waals surface area contributed by atoms with Crippen molar-refractivity contribution in [2.24, 2.45) is 0 Å². The lowest BCUT2D eigenvalue weighted by Crippen LogP contribution is -2.49. The van der Waals surface area contributed by atoms with E-state index < -0.39 is 15.6 Å². The number of ether oxygens (including phenoxy) is 1. The number of hydrogen-bond donors (Lipinski definition) is 1. The first-order valence-corrected chi connectivity index (χ1v) is 13.7. The van der Waals surface area contributed by atoms with E-state index in [0.29, 0.717) is 32.4 Å². The molecule has 0 aliphatic carbocycles. The molecule has 0 unspecified atom stereocenters. The van der Waals surface area contributed by atoms with Gasteiger partial charge in [-0.05, 0) is 48.1 Å². The Morgan fingerprint density at radius 2 is 1.80 bits per heavy atom. The summed E-state index contributed by atoms with van der Waals surface area (Å²) in [5, 5.41) is 0. The van der Waals surface area contributed by atoms with E-state index in [0.717, 1.165) is 28.5 Å². The summed E-state index contributed by atoms with van der Waals surface area (Å²) in [7, 11) is -3.26. The zero-order valence-corrected chi connectivity index (χ0v) is 20.9. The molecule has 8 heteroatoms. The van der Waals surface area contributed by atoms with Crippen LogP contribution < -0.4 is 4.72 Å². The molecule has 0 bridgehead atoms. The number of rotatable bonds is 9. The first-order chi connectivity index (χ1) is 16.8. The number of hydrogen-bond acceptors (Lipinski definition) is 5. The third-order valence-electron chi connectivity index (χ3n) is 6.55. The molecule has 1 N–H and O–H groups in total. The first kappa shape index (κ1) is 24.9. The van der Waals surface area contributed by atoms with Gasteiger partial charge < -0.3 is 9.64 Å². The molecule has 1 aromatic heterocycles. The number of amides is 1. The molecular formula is C27H31N3O4S. The minimum absolute atomic E-state index is 0.147. The Morgan fingerprint density at radius 1 is 1.06 bits per heavy atom. The average molecular weight is 494 g/mol. The van der Waals surface area contributed by atoms with E-state index in [9.17, 15) is 13.2 Å². The molecule has 1 fully saturated rings. The van der Waals surface area contributed by atoms with Crippen LogP contribution in [0.4, 0.5) is 4.79 Å². The van der Waals surface area contributed by atoms with Gasteiger partial charge >= 0.3 is 6.09 Å². The quantitative estimate of drug-likeness (QED) is 0.429. The van der Waals surface area contributed by atoms with Crippen LogP contribution in [-0.4, -0.2) is 43.7 Å². The highest BCUT2D eigenvalue weighted by Crippen LogP contribution is 2.40. The van der Waals surface area contributed by atoms with Gasteiger partial charge in [-0.3, -0.25) is 4.98 Å². The molecule has 2 atom stereocenters. The summed E-state index contributed by atoms with van der Waals surface area (Å²) >= 11 is 0. The molecule has 4 rings (SSSR count). The van der Waals surface area contributed by atoms with Crippen LogP contribution in [0.1, 0.15) is 43.4 Å². The normalized spacial score (nSPS) is 19.3. The number of nitrogens with zero attached hydrogens (tertiary/aromatic N) is 2. The number of cyclic esters (lactones) is 1.